The Morgan fingerprint density at radius 2 is 1.69 bits per heavy atom. The molecule has 164 valence electrons. The van der Waals surface area contributed by atoms with Crippen molar-refractivity contribution in [3.8, 4) is 40.3 Å². The van der Waals surface area contributed by atoms with E-state index in [0.717, 1.165) is 11.3 Å². The van der Waals surface area contributed by atoms with Crippen LogP contribution in [0.3, 0.4) is 0 Å². The number of hydrazone groups is 1. The maximum atomic E-state index is 9.84. The van der Waals surface area contributed by atoms with Crippen LogP contribution < -0.4 is 24.4 Å². The summed E-state index contributed by atoms with van der Waals surface area (Å²) in [7, 11) is 6.15. The fourth-order valence-corrected chi connectivity index (χ4v) is 3.16. The van der Waals surface area contributed by atoms with Gasteiger partial charge in [0.25, 0.3) is 0 Å². The van der Waals surface area contributed by atoms with E-state index < -0.39 is 0 Å². The highest BCUT2D eigenvalue weighted by Gasteiger charge is 2.18. The molecule has 0 amide bonds. The SMILES string of the molecule is COc1ccc(/C=N/Nc2nc(=S)[nH]c(-c3cc(OC)c(OC)c(OC)c3)c2C#N)cc1. The molecule has 0 saturated carbocycles. The van der Waals surface area contributed by atoms with Crippen molar-refractivity contribution in [3.05, 3.63) is 52.3 Å². The molecule has 0 spiro atoms. The number of anilines is 1. The molecule has 3 aromatic rings. The number of aromatic nitrogens is 2. The van der Waals surface area contributed by atoms with E-state index in [9.17, 15) is 5.26 Å². The Morgan fingerprint density at radius 3 is 2.22 bits per heavy atom. The third kappa shape index (κ3) is 4.79. The van der Waals surface area contributed by atoms with Crippen molar-refractivity contribution in [1.82, 2.24) is 9.97 Å². The van der Waals surface area contributed by atoms with E-state index in [1.807, 2.05) is 24.3 Å². The van der Waals surface area contributed by atoms with Crippen molar-refractivity contribution < 1.29 is 18.9 Å². The average molecular weight is 452 g/mol. The van der Waals surface area contributed by atoms with Crippen molar-refractivity contribution >= 4 is 24.3 Å². The summed E-state index contributed by atoms with van der Waals surface area (Å²) in [5, 5.41) is 14.0. The number of nitrogens with zero attached hydrogens (tertiary/aromatic N) is 3. The lowest BCUT2D eigenvalue weighted by Crippen LogP contribution is -2.03. The minimum absolute atomic E-state index is 0.176. The fourth-order valence-electron chi connectivity index (χ4n) is 2.96. The normalized spacial score (nSPS) is 10.5. The third-order valence-electron chi connectivity index (χ3n) is 4.50. The maximum absolute atomic E-state index is 9.84. The molecule has 0 radical (unpaired) electrons. The van der Waals surface area contributed by atoms with Crippen LogP contribution in [0, 0.1) is 16.1 Å². The molecule has 9 nitrogen and oxygen atoms in total. The number of rotatable bonds is 8. The first kappa shape index (κ1) is 22.6. The van der Waals surface area contributed by atoms with Crippen molar-refractivity contribution in [2.24, 2.45) is 5.10 Å². The standard InChI is InChI=1S/C22H21N5O4S/c1-28-15-7-5-13(6-8-15)12-24-27-21-16(11-23)19(25-22(32)26-21)14-9-17(29-2)20(31-4)18(10-14)30-3/h5-10,12H,1-4H3,(H2,25,26,27,32)/b24-12+. The monoisotopic (exact) mass is 451 g/mol. The molecule has 32 heavy (non-hydrogen) atoms. The number of aromatic amines is 1. The van der Waals surface area contributed by atoms with Crippen LogP contribution in [0.15, 0.2) is 41.5 Å². The van der Waals surface area contributed by atoms with Gasteiger partial charge in [-0.3, -0.25) is 5.43 Å². The highest BCUT2D eigenvalue weighted by atomic mass is 32.1. The van der Waals surface area contributed by atoms with E-state index in [2.05, 4.69) is 26.6 Å². The third-order valence-corrected chi connectivity index (χ3v) is 4.69. The van der Waals surface area contributed by atoms with E-state index in [1.165, 1.54) is 21.3 Å². The lowest BCUT2D eigenvalue weighted by Gasteiger charge is -2.15. The molecule has 0 aliphatic rings. The van der Waals surface area contributed by atoms with Gasteiger partial charge in [-0.1, -0.05) is 0 Å². The predicted octanol–water partition coefficient (Wildman–Crippen LogP) is 4.16. The zero-order chi connectivity index (χ0) is 23.1. The summed E-state index contributed by atoms with van der Waals surface area (Å²) in [4.78, 5) is 7.18. The van der Waals surface area contributed by atoms with Crippen LogP contribution in [0.4, 0.5) is 5.82 Å². The van der Waals surface area contributed by atoms with E-state index in [4.69, 9.17) is 31.2 Å². The second kappa shape index (κ2) is 10.3. The van der Waals surface area contributed by atoms with E-state index in [0.29, 0.717) is 28.5 Å². The van der Waals surface area contributed by atoms with Crippen molar-refractivity contribution in [3.63, 3.8) is 0 Å². The average Bonchev–Trinajstić information content (AvgIpc) is 2.83. The first-order valence-corrected chi connectivity index (χ1v) is 9.73. The van der Waals surface area contributed by atoms with Gasteiger partial charge in [-0.25, -0.2) is 0 Å². The molecule has 10 heteroatoms. The second-order valence-electron chi connectivity index (χ2n) is 6.31. The Balaban J connectivity index is 2.01. The molecule has 0 saturated heterocycles. The Morgan fingerprint density at radius 1 is 1.03 bits per heavy atom. The molecule has 2 N–H and O–H groups in total. The van der Waals surface area contributed by atoms with Gasteiger partial charge >= 0.3 is 0 Å². The van der Waals surface area contributed by atoms with Crippen LogP contribution >= 0.6 is 12.2 Å². The highest BCUT2D eigenvalue weighted by Crippen LogP contribution is 2.41. The summed E-state index contributed by atoms with van der Waals surface area (Å²) in [6.45, 7) is 0. The zero-order valence-electron chi connectivity index (χ0n) is 17.9. The van der Waals surface area contributed by atoms with Gasteiger partial charge in [0.2, 0.25) is 5.75 Å². The van der Waals surface area contributed by atoms with Gasteiger partial charge in [0, 0.05) is 5.56 Å². The first-order valence-electron chi connectivity index (χ1n) is 9.32. The van der Waals surface area contributed by atoms with Gasteiger partial charge in [0.15, 0.2) is 22.1 Å². The van der Waals surface area contributed by atoms with Crippen molar-refractivity contribution in [2.45, 2.75) is 0 Å². The molecule has 0 aliphatic carbocycles. The van der Waals surface area contributed by atoms with Crippen molar-refractivity contribution in [2.75, 3.05) is 33.9 Å². The van der Waals surface area contributed by atoms with Gasteiger partial charge in [0.1, 0.15) is 17.4 Å². The number of ether oxygens (including phenoxy) is 4. The Hall–Kier alpha value is -4.10. The maximum Gasteiger partial charge on any atom is 0.203 e. The van der Waals surface area contributed by atoms with Crippen LogP contribution in [-0.4, -0.2) is 44.6 Å². The molecule has 0 bridgehead atoms. The summed E-state index contributed by atoms with van der Waals surface area (Å²) >= 11 is 5.27. The van der Waals surface area contributed by atoms with Gasteiger partial charge < -0.3 is 23.9 Å². The molecular weight excluding hydrogens is 430 g/mol. The first-order chi connectivity index (χ1) is 15.5. The number of nitriles is 1. The number of H-pyrrole nitrogens is 1. The number of methoxy groups -OCH3 is 4. The summed E-state index contributed by atoms with van der Waals surface area (Å²) < 4.78 is 21.5. The smallest absolute Gasteiger partial charge is 0.203 e. The number of hydrogen-bond acceptors (Lipinski definition) is 9. The van der Waals surface area contributed by atoms with E-state index in [-0.39, 0.29) is 16.2 Å². The summed E-state index contributed by atoms with van der Waals surface area (Å²) in [5.74, 6) is 2.27. The lowest BCUT2D eigenvalue weighted by molar-refractivity contribution is 0.324. The van der Waals surface area contributed by atoms with Gasteiger partial charge in [0.05, 0.1) is 40.3 Å². The Kier molecular flexibility index (Phi) is 7.25. The van der Waals surface area contributed by atoms with Gasteiger partial charge in [-0.05, 0) is 54.2 Å². The summed E-state index contributed by atoms with van der Waals surface area (Å²) in [5.41, 5.74) is 4.90. The highest BCUT2D eigenvalue weighted by molar-refractivity contribution is 7.71. The minimum Gasteiger partial charge on any atom is -0.497 e. The van der Waals surface area contributed by atoms with E-state index in [1.54, 1.807) is 25.5 Å². The molecule has 0 fully saturated rings. The van der Waals surface area contributed by atoms with Crippen LogP contribution in [0.25, 0.3) is 11.3 Å². The van der Waals surface area contributed by atoms with Crippen LogP contribution in [-0.2, 0) is 0 Å². The molecule has 1 heterocycles. The number of hydrogen-bond donors (Lipinski definition) is 2. The quantitative estimate of drug-likeness (QED) is 0.298. The summed E-state index contributed by atoms with van der Waals surface area (Å²) in [6, 6.07) is 12.9. The molecule has 2 aromatic carbocycles. The molecule has 3 rings (SSSR count). The molecule has 0 aliphatic heterocycles. The predicted molar refractivity (Wildman–Crippen MR) is 123 cm³/mol. The Bertz CT molecular complexity index is 1210. The fraction of sp³-hybridized carbons (Fsp3) is 0.182. The Labute approximate surface area is 190 Å². The van der Waals surface area contributed by atoms with Crippen molar-refractivity contribution in [1.29, 1.82) is 5.26 Å². The zero-order valence-corrected chi connectivity index (χ0v) is 18.7. The lowest BCUT2D eigenvalue weighted by atomic mass is 10.1. The van der Waals surface area contributed by atoms with Gasteiger partial charge in [-0.2, -0.15) is 15.3 Å². The largest absolute Gasteiger partial charge is 0.497 e. The number of nitrogens with one attached hydrogen (secondary N) is 2. The molecular formula is C22H21N5O4S. The second-order valence-corrected chi connectivity index (χ2v) is 6.70. The van der Waals surface area contributed by atoms with Crippen LogP contribution in [0.2, 0.25) is 0 Å². The van der Waals surface area contributed by atoms with E-state index >= 15 is 0 Å². The molecule has 0 atom stereocenters. The number of benzene rings is 2. The minimum atomic E-state index is 0.176. The van der Waals surface area contributed by atoms with Crippen LogP contribution in [0.1, 0.15) is 11.1 Å². The molecule has 1 aromatic heterocycles. The molecule has 0 unspecified atom stereocenters. The topological polar surface area (TPSA) is 114 Å². The van der Waals surface area contributed by atoms with Gasteiger partial charge in [-0.15, -0.1) is 0 Å². The summed E-state index contributed by atoms with van der Waals surface area (Å²) in [6.07, 6.45) is 1.60. The van der Waals surface area contributed by atoms with Crippen LogP contribution in [0.5, 0.6) is 23.0 Å².